The fourth-order valence-electron chi connectivity index (χ4n) is 2.38. The van der Waals surface area contributed by atoms with E-state index < -0.39 is 6.09 Å². The zero-order chi connectivity index (χ0) is 17.1. The van der Waals surface area contributed by atoms with Gasteiger partial charge in [0.1, 0.15) is 6.10 Å². The van der Waals surface area contributed by atoms with Crippen LogP contribution in [0.3, 0.4) is 0 Å². The molecule has 0 spiro atoms. The maximum atomic E-state index is 12.0. The number of halogens is 1. The van der Waals surface area contributed by atoms with Gasteiger partial charge in [-0.1, -0.05) is 11.6 Å². The smallest absolute Gasteiger partial charge is 0.414 e. The molecule has 1 aliphatic heterocycles. The number of benzene rings is 1. The SMILES string of the molecule is CNc1ccc(N2CC(CNC(=O)c3ccc(Cl)s3)OC2=O)cc1. The summed E-state index contributed by atoms with van der Waals surface area (Å²) in [4.78, 5) is 26.1. The lowest BCUT2D eigenvalue weighted by molar-refractivity contribution is 0.0920. The Morgan fingerprint density at radius 1 is 1.33 bits per heavy atom. The van der Waals surface area contributed by atoms with Gasteiger partial charge in [0.2, 0.25) is 0 Å². The van der Waals surface area contributed by atoms with E-state index in [1.54, 1.807) is 17.0 Å². The molecule has 1 fully saturated rings. The second kappa shape index (κ2) is 7.11. The molecule has 1 saturated heterocycles. The maximum absolute atomic E-state index is 12.0. The summed E-state index contributed by atoms with van der Waals surface area (Å²) in [6, 6.07) is 10.8. The normalized spacial score (nSPS) is 16.8. The minimum atomic E-state index is -0.411. The lowest BCUT2D eigenvalue weighted by atomic mass is 10.2. The van der Waals surface area contributed by atoms with Gasteiger partial charge in [0.15, 0.2) is 0 Å². The summed E-state index contributed by atoms with van der Waals surface area (Å²) in [6.07, 6.45) is -0.800. The van der Waals surface area contributed by atoms with Gasteiger partial charge in [-0.3, -0.25) is 9.69 Å². The first-order chi connectivity index (χ1) is 11.6. The molecule has 24 heavy (non-hydrogen) atoms. The fraction of sp³-hybridized carbons (Fsp3) is 0.250. The van der Waals surface area contributed by atoms with Crippen LogP contribution in [0.4, 0.5) is 16.2 Å². The molecule has 1 aromatic heterocycles. The monoisotopic (exact) mass is 365 g/mol. The van der Waals surface area contributed by atoms with Crippen LogP contribution in [-0.2, 0) is 4.74 Å². The van der Waals surface area contributed by atoms with E-state index in [-0.39, 0.29) is 18.6 Å². The van der Waals surface area contributed by atoms with Crippen molar-refractivity contribution in [3.63, 3.8) is 0 Å². The summed E-state index contributed by atoms with van der Waals surface area (Å²) in [5.41, 5.74) is 1.72. The van der Waals surface area contributed by atoms with Crippen molar-refractivity contribution in [3.8, 4) is 0 Å². The predicted octanol–water partition coefficient (Wildman–Crippen LogP) is 3.20. The summed E-state index contributed by atoms with van der Waals surface area (Å²) in [5, 5.41) is 5.79. The number of hydrogen-bond acceptors (Lipinski definition) is 5. The van der Waals surface area contributed by atoms with Crippen LogP contribution in [-0.4, -0.2) is 38.2 Å². The van der Waals surface area contributed by atoms with Crippen LogP contribution in [0.15, 0.2) is 36.4 Å². The quantitative estimate of drug-likeness (QED) is 0.853. The van der Waals surface area contributed by atoms with E-state index in [2.05, 4.69) is 10.6 Å². The minimum absolute atomic E-state index is 0.222. The van der Waals surface area contributed by atoms with E-state index in [9.17, 15) is 9.59 Å². The average Bonchev–Trinajstić information content (AvgIpc) is 3.18. The highest BCUT2D eigenvalue weighted by molar-refractivity contribution is 7.17. The fourth-order valence-corrected chi connectivity index (χ4v) is 3.34. The van der Waals surface area contributed by atoms with Crippen LogP contribution in [0, 0.1) is 0 Å². The molecule has 2 heterocycles. The molecule has 8 heteroatoms. The first-order valence-electron chi connectivity index (χ1n) is 7.36. The number of amides is 2. The molecule has 1 aliphatic rings. The van der Waals surface area contributed by atoms with E-state index in [4.69, 9.17) is 16.3 Å². The van der Waals surface area contributed by atoms with Crippen molar-refractivity contribution < 1.29 is 14.3 Å². The maximum Gasteiger partial charge on any atom is 0.414 e. The average molecular weight is 366 g/mol. The Kier molecular flexibility index (Phi) is 4.92. The summed E-state index contributed by atoms with van der Waals surface area (Å²) < 4.78 is 5.87. The molecule has 0 saturated carbocycles. The highest BCUT2D eigenvalue weighted by atomic mass is 35.5. The molecule has 2 aromatic rings. The molecule has 126 valence electrons. The largest absolute Gasteiger partial charge is 0.442 e. The number of thiophene rings is 1. The molecule has 1 atom stereocenters. The number of hydrogen-bond donors (Lipinski definition) is 2. The first kappa shape index (κ1) is 16.6. The third-order valence-electron chi connectivity index (χ3n) is 3.63. The Bertz CT molecular complexity index is 747. The Hall–Kier alpha value is -2.25. The van der Waals surface area contributed by atoms with Gasteiger partial charge >= 0.3 is 6.09 Å². The van der Waals surface area contributed by atoms with Gasteiger partial charge < -0.3 is 15.4 Å². The molecule has 3 rings (SSSR count). The van der Waals surface area contributed by atoms with Crippen LogP contribution in [0.25, 0.3) is 0 Å². The van der Waals surface area contributed by atoms with Crippen molar-refractivity contribution in [2.45, 2.75) is 6.10 Å². The van der Waals surface area contributed by atoms with Gasteiger partial charge in [-0.25, -0.2) is 4.79 Å². The van der Waals surface area contributed by atoms with Gasteiger partial charge in [0.25, 0.3) is 5.91 Å². The molecule has 6 nitrogen and oxygen atoms in total. The number of anilines is 2. The van der Waals surface area contributed by atoms with Gasteiger partial charge in [0.05, 0.1) is 22.3 Å². The zero-order valence-electron chi connectivity index (χ0n) is 12.9. The highest BCUT2D eigenvalue weighted by Gasteiger charge is 2.32. The van der Waals surface area contributed by atoms with Crippen molar-refractivity contribution in [1.29, 1.82) is 0 Å². The van der Waals surface area contributed by atoms with E-state index in [0.29, 0.717) is 15.8 Å². The van der Waals surface area contributed by atoms with Crippen LogP contribution < -0.4 is 15.5 Å². The number of rotatable bonds is 5. The number of carbonyl (C=O) groups excluding carboxylic acids is 2. The summed E-state index contributed by atoms with van der Waals surface area (Å²) in [7, 11) is 1.83. The van der Waals surface area contributed by atoms with E-state index in [1.165, 1.54) is 11.3 Å². The molecule has 2 amide bonds. The third-order valence-corrected chi connectivity index (χ3v) is 4.86. The lowest BCUT2D eigenvalue weighted by Gasteiger charge is -2.13. The Balaban J connectivity index is 1.57. The van der Waals surface area contributed by atoms with Crippen molar-refractivity contribution in [2.24, 2.45) is 0 Å². The standard InChI is InChI=1S/C16H16ClN3O3S/c1-18-10-2-4-11(5-3-10)20-9-12(23-16(20)22)8-19-15(21)13-6-7-14(17)24-13/h2-7,12,18H,8-9H2,1H3,(H,19,21). The molecule has 1 unspecified atom stereocenters. The number of nitrogens with zero attached hydrogens (tertiary/aromatic N) is 1. The number of carbonyl (C=O) groups is 2. The van der Waals surface area contributed by atoms with Gasteiger partial charge in [-0.2, -0.15) is 0 Å². The first-order valence-corrected chi connectivity index (χ1v) is 8.56. The lowest BCUT2D eigenvalue weighted by Crippen LogP contribution is -2.34. The Labute approximate surface area is 148 Å². The van der Waals surface area contributed by atoms with Crippen LogP contribution in [0.1, 0.15) is 9.67 Å². The van der Waals surface area contributed by atoms with E-state index in [1.807, 2.05) is 31.3 Å². The van der Waals surface area contributed by atoms with E-state index >= 15 is 0 Å². The third kappa shape index (κ3) is 3.63. The number of ether oxygens (including phenoxy) is 1. The summed E-state index contributed by atoms with van der Waals surface area (Å²) >= 11 is 7.03. The Morgan fingerprint density at radius 2 is 2.08 bits per heavy atom. The van der Waals surface area contributed by atoms with Gasteiger partial charge in [0, 0.05) is 18.4 Å². The highest BCUT2D eigenvalue weighted by Crippen LogP contribution is 2.24. The van der Waals surface area contributed by atoms with Crippen LogP contribution >= 0.6 is 22.9 Å². The van der Waals surface area contributed by atoms with E-state index in [0.717, 1.165) is 11.4 Å². The summed E-state index contributed by atoms with van der Waals surface area (Å²) in [6.45, 7) is 0.647. The van der Waals surface area contributed by atoms with Crippen LogP contribution in [0.2, 0.25) is 4.34 Å². The summed E-state index contributed by atoms with van der Waals surface area (Å²) in [5.74, 6) is -0.222. The molecular weight excluding hydrogens is 350 g/mol. The van der Waals surface area contributed by atoms with Crippen molar-refractivity contribution in [3.05, 3.63) is 45.6 Å². The zero-order valence-corrected chi connectivity index (χ0v) is 14.5. The molecule has 0 aliphatic carbocycles. The van der Waals surface area contributed by atoms with Gasteiger partial charge in [-0.05, 0) is 36.4 Å². The minimum Gasteiger partial charge on any atom is -0.442 e. The molecule has 2 N–H and O–H groups in total. The number of cyclic esters (lactones) is 1. The van der Waals surface area contributed by atoms with Gasteiger partial charge in [-0.15, -0.1) is 11.3 Å². The molecule has 0 bridgehead atoms. The molecular formula is C16H16ClN3O3S. The predicted molar refractivity (Wildman–Crippen MR) is 95.3 cm³/mol. The second-order valence-corrected chi connectivity index (χ2v) is 6.94. The second-order valence-electron chi connectivity index (χ2n) is 5.23. The van der Waals surface area contributed by atoms with Crippen LogP contribution in [0.5, 0.6) is 0 Å². The van der Waals surface area contributed by atoms with Crippen molar-refractivity contribution in [1.82, 2.24) is 5.32 Å². The van der Waals surface area contributed by atoms with Crippen molar-refractivity contribution >= 4 is 46.3 Å². The Morgan fingerprint density at radius 3 is 2.71 bits per heavy atom. The number of nitrogens with one attached hydrogen (secondary N) is 2. The topological polar surface area (TPSA) is 70.7 Å². The molecule has 1 aromatic carbocycles. The molecule has 0 radical (unpaired) electrons. The van der Waals surface area contributed by atoms with Crippen molar-refractivity contribution in [2.75, 3.05) is 30.4 Å².